The number of fused-ring (bicyclic) bond motifs is 1. The summed E-state index contributed by atoms with van der Waals surface area (Å²) in [5.41, 5.74) is 0.943. The summed E-state index contributed by atoms with van der Waals surface area (Å²) in [4.78, 5) is 26.7. The number of hydrogen-bond donors (Lipinski definition) is 1. The minimum absolute atomic E-state index is 0.0104. The van der Waals surface area contributed by atoms with Gasteiger partial charge in [0.2, 0.25) is 11.8 Å². The topological polar surface area (TPSA) is 67.2 Å². The Labute approximate surface area is 123 Å². The third-order valence-corrected chi connectivity index (χ3v) is 4.76. The maximum Gasteiger partial charge on any atom is 0.246 e. The Morgan fingerprint density at radius 2 is 2.14 bits per heavy atom. The van der Waals surface area contributed by atoms with Crippen LogP contribution in [-0.4, -0.2) is 39.1 Å². The van der Waals surface area contributed by atoms with Gasteiger partial charge in [0.15, 0.2) is 0 Å². The van der Waals surface area contributed by atoms with Gasteiger partial charge in [0, 0.05) is 18.2 Å². The zero-order valence-corrected chi connectivity index (χ0v) is 12.2. The predicted octanol–water partition coefficient (Wildman–Crippen LogP) is 0.701. The average molecular weight is 288 g/mol. The summed E-state index contributed by atoms with van der Waals surface area (Å²) in [5.74, 6) is 0.831. The van der Waals surface area contributed by atoms with Crippen molar-refractivity contribution in [2.24, 2.45) is 11.8 Å². The summed E-state index contributed by atoms with van der Waals surface area (Å²) in [5, 5.41) is 7.30. The zero-order valence-electron chi connectivity index (χ0n) is 12.2. The van der Waals surface area contributed by atoms with Crippen LogP contribution in [-0.2, 0) is 16.1 Å². The van der Waals surface area contributed by atoms with Gasteiger partial charge in [-0.3, -0.25) is 14.3 Å². The smallest absolute Gasteiger partial charge is 0.246 e. The highest BCUT2D eigenvalue weighted by Crippen LogP contribution is 2.40. The Morgan fingerprint density at radius 1 is 1.38 bits per heavy atom. The highest BCUT2D eigenvalue weighted by atomic mass is 16.2. The number of carbonyl (C=O) groups excluding carboxylic acids is 2. The van der Waals surface area contributed by atoms with Crippen molar-refractivity contribution >= 4 is 11.8 Å². The number of hydrogen-bond acceptors (Lipinski definition) is 3. The van der Waals surface area contributed by atoms with Crippen molar-refractivity contribution in [2.75, 3.05) is 6.54 Å². The van der Waals surface area contributed by atoms with Crippen molar-refractivity contribution in [2.45, 2.75) is 44.8 Å². The molecule has 1 aliphatic heterocycles. The molecule has 3 aliphatic rings. The second-order valence-electron chi connectivity index (χ2n) is 6.60. The molecule has 2 saturated carbocycles. The van der Waals surface area contributed by atoms with Gasteiger partial charge < -0.3 is 10.2 Å². The van der Waals surface area contributed by atoms with Crippen LogP contribution in [0.2, 0.25) is 0 Å². The molecule has 3 atom stereocenters. The number of rotatable bonds is 3. The Morgan fingerprint density at radius 3 is 2.81 bits per heavy atom. The summed E-state index contributed by atoms with van der Waals surface area (Å²) in [6.07, 6.45) is 4.81. The van der Waals surface area contributed by atoms with E-state index in [1.165, 1.54) is 0 Å². The van der Waals surface area contributed by atoms with E-state index in [1.807, 2.05) is 11.0 Å². The van der Waals surface area contributed by atoms with Crippen LogP contribution in [0.3, 0.4) is 0 Å². The van der Waals surface area contributed by atoms with Crippen molar-refractivity contribution in [1.82, 2.24) is 20.0 Å². The number of carbonyl (C=O) groups is 2. The van der Waals surface area contributed by atoms with Gasteiger partial charge in [-0.1, -0.05) is 6.92 Å². The molecule has 6 heteroatoms. The Balaban J connectivity index is 1.54. The summed E-state index contributed by atoms with van der Waals surface area (Å²) in [6, 6.07) is 1.83. The number of amides is 2. The first-order chi connectivity index (χ1) is 10.1. The first-order valence-electron chi connectivity index (χ1n) is 7.75. The third-order valence-electron chi connectivity index (χ3n) is 4.76. The number of nitrogens with one attached hydrogen (secondary N) is 1. The molecule has 1 aromatic heterocycles. The second kappa shape index (κ2) is 4.58. The van der Waals surface area contributed by atoms with E-state index in [-0.39, 0.29) is 23.8 Å². The van der Waals surface area contributed by atoms with E-state index in [0.29, 0.717) is 25.0 Å². The van der Waals surface area contributed by atoms with Crippen LogP contribution in [0.5, 0.6) is 0 Å². The highest BCUT2D eigenvalue weighted by molar-refractivity contribution is 5.85. The van der Waals surface area contributed by atoms with Crippen molar-refractivity contribution in [3.63, 3.8) is 0 Å². The van der Waals surface area contributed by atoms with E-state index >= 15 is 0 Å². The summed E-state index contributed by atoms with van der Waals surface area (Å²) in [6.45, 7) is 3.11. The maximum atomic E-state index is 12.5. The molecule has 2 amide bonds. The van der Waals surface area contributed by atoms with E-state index < -0.39 is 0 Å². The van der Waals surface area contributed by atoms with Crippen LogP contribution in [0.4, 0.5) is 0 Å². The Bertz CT molecular complexity index is 592. The van der Waals surface area contributed by atoms with Crippen molar-refractivity contribution in [1.29, 1.82) is 0 Å². The van der Waals surface area contributed by atoms with Gasteiger partial charge in [0.1, 0.15) is 6.04 Å². The highest BCUT2D eigenvalue weighted by Gasteiger charge is 2.44. The fourth-order valence-corrected chi connectivity index (χ4v) is 3.08. The number of nitrogens with zero attached hydrogens (tertiary/aromatic N) is 3. The van der Waals surface area contributed by atoms with Gasteiger partial charge in [0.25, 0.3) is 0 Å². The largest absolute Gasteiger partial charge is 0.351 e. The molecule has 0 unspecified atom stereocenters. The molecule has 0 radical (unpaired) electrons. The predicted molar refractivity (Wildman–Crippen MR) is 75.1 cm³/mol. The van der Waals surface area contributed by atoms with Crippen LogP contribution in [0, 0.1) is 11.8 Å². The van der Waals surface area contributed by atoms with Gasteiger partial charge in [-0.15, -0.1) is 0 Å². The van der Waals surface area contributed by atoms with E-state index in [2.05, 4.69) is 17.3 Å². The van der Waals surface area contributed by atoms with Crippen LogP contribution < -0.4 is 5.32 Å². The van der Waals surface area contributed by atoms with Crippen molar-refractivity contribution < 1.29 is 9.59 Å². The van der Waals surface area contributed by atoms with E-state index in [1.54, 1.807) is 10.9 Å². The molecular weight excluding hydrogens is 268 g/mol. The Hall–Kier alpha value is -1.85. The lowest BCUT2D eigenvalue weighted by Crippen LogP contribution is -2.48. The number of aromatic nitrogens is 2. The molecule has 1 N–H and O–H groups in total. The van der Waals surface area contributed by atoms with E-state index in [9.17, 15) is 9.59 Å². The van der Waals surface area contributed by atoms with Gasteiger partial charge in [0.05, 0.1) is 18.8 Å². The molecule has 1 aromatic rings. The van der Waals surface area contributed by atoms with E-state index in [4.69, 9.17) is 0 Å². The molecule has 21 heavy (non-hydrogen) atoms. The van der Waals surface area contributed by atoms with Gasteiger partial charge >= 0.3 is 0 Å². The van der Waals surface area contributed by atoms with Crippen LogP contribution in [0.15, 0.2) is 12.3 Å². The standard InChI is InChI=1S/C15H20N4O2/c1-9-6-12(9)15(21)18-7-11-4-5-16-19(11)13(8-18)14(20)17-10-2-3-10/h4-5,9-10,12-13H,2-3,6-8H2,1H3,(H,17,20)/t9-,12+,13+/m1/s1. The summed E-state index contributed by atoms with van der Waals surface area (Å²) < 4.78 is 1.78. The maximum absolute atomic E-state index is 12.5. The monoisotopic (exact) mass is 288 g/mol. The molecule has 6 nitrogen and oxygen atoms in total. The molecule has 0 aromatic carbocycles. The van der Waals surface area contributed by atoms with Gasteiger partial charge in [-0.2, -0.15) is 5.10 Å². The minimum Gasteiger partial charge on any atom is -0.351 e. The molecule has 0 saturated heterocycles. The minimum atomic E-state index is -0.387. The SMILES string of the molecule is C[C@@H]1C[C@@H]1C(=O)N1Cc2ccnn2[C@H](C(=O)NC2CC2)C1. The molecule has 4 rings (SSSR count). The quantitative estimate of drug-likeness (QED) is 0.890. The van der Waals surface area contributed by atoms with Crippen LogP contribution in [0.25, 0.3) is 0 Å². The fourth-order valence-electron chi connectivity index (χ4n) is 3.08. The first kappa shape index (κ1) is 12.9. The molecular formula is C15H20N4O2. The zero-order chi connectivity index (χ0) is 14.6. The lowest BCUT2D eigenvalue weighted by molar-refractivity contribution is -0.137. The van der Waals surface area contributed by atoms with Crippen molar-refractivity contribution in [3.05, 3.63) is 18.0 Å². The molecule has 2 aliphatic carbocycles. The second-order valence-corrected chi connectivity index (χ2v) is 6.60. The lowest BCUT2D eigenvalue weighted by atomic mass is 10.1. The summed E-state index contributed by atoms with van der Waals surface area (Å²) >= 11 is 0. The van der Waals surface area contributed by atoms with Crippen LogP contribution >= 0.6 is 0 Å². The normalized spacial score (nSPS) is 30.7. The third kappa shape index (κ3) is 2.32. The fraction of sp³-hybridized carbons (Fsp3) is 0.667. The van der Waals surface area contributed by atoms with E-state index in [0.717, 1.165) is 25.0 Å². The molecule has 0 spiro atoms. The molecule has 0 bridgehead atoms. The lowest BCUT2D eigenvalue weighted by Gasteiger charge is -2.33. The molecule has 2 heterocycles. The molecule has 112 valence electrons. The first-order valence-corrected chi connectivity index (χ1v) is 7.75. The average Bonchev–Trinajstić information content (AvgIpc) is 3.37. The van der Waals surface area contributed by atoms with Crippen LogP contribution in [0.1, 0.15) is 37.9 Å². The van der Waals surface area contributed by atoms with Crippen molar-refractivity contribution in [3.8, 4) is 0 Å². The van der Waals surface area contributed by atoms with Gasteiger partial charge in [-0.05, 0) is 31.2 Å². The molecule has 2 fully saturated rings. The Kier molecular flexibility index (Phi) is 2.80. The van der Waals surface area contributed by atoms with Gasteiger partial charge in [-0.25, -0.2) is 0 Å². The summed E-state index contributed by atoms with van der Waals surface area (Å²) in [7, 11) is 0.